The molecule has 0 radical (unpaired) electrons. The van der Waals surface area contributed by atoms with Crippen molar-refractivity contribution in [3.05, 3.63) is 33.8 Å². The van der Waals surface area contributed by atoms with Crippen molar-refractivity contribution in [1.29, 1.82) is 0 Å². The zero-order valence-corrected chi connectivity index (χ0v) is 11.3. The van der Waals surface area contributed by atoms with E-state index in [1.54, 1.807) is 6.07 Å². The van der Waals surface area contributed by atoms with E-state index in [-0.39, 0.29) is 29.6 Å². The molecular weight excluding hydrogens is 293 g/mol. The number of morpholine rings is 1. The van der Waals surface area contributed by atoms with Crippen LogP contribution in [0.4, 0.5) is 0 Å². The number of carbonyl (C=O) groups excluding carboxylic acids is 1. The van der Waals surface area contributed by atoms with Crippen LogP contribution in [0.5, 0.6) is 0 Å². The highest BCUT2D eigenvalue weighted by molar-refractivity contribution is 6.35. The fourth-order valence-corrected chi connectivity index (χ4v) is 2.19. The van der Waals surface area contributed by atoms with Gasteiger partial charge in [-0.25, -0.2) is 4.79 Å². The van der Waals surface area contributed by atoms with E-state index in [4.69, 9.17) is 33.0 Å². The Balaban J connectivity index is 2.19. The molecule has 19 heavy (non-hydrogen) atoms. The van der Waals surface area contributed by atoms with E-state index < -0.39 is 12.1 Å². The van der Waals surface area contributed by atoms with Gasteiger partial charge in [0.05, 0.1) is 23.7 Å². The molecule has 1 amide bonds. The molecule has 0 saturated carbocycles. The SMILES string of the molecule is O=C(O)[C@H]1CN(C(=O)c2cc(Cl)ccc2Cl)CCO1. The summed E-state index contributed by atoms with van der Waals surface area (Å²) in [6.45, 7) is 0.503. The Morgan fingerprint density at radius 1 is 1.37 bits per heavy atom. The van der Waals surface area contributed by atoms with E-state index in [9.17, 15) is 9.59 Å². The predicted molar refractivity (Wildman–Crippen MR) is 69.7 cm³/mol. The van der Waals surface area contributed by atoms with E-state index in [2.05, 4.69) is 0 Å². The number of carboxylic acid groups (broad SMARTS) is 1. The average molecular weight is 304 g/mol. The molecule has 0 bridgehead atoms. The minimum atomic E-state index is -1.09. The first-order valence-electron chi connectivity index (χ1n) is 5.58. The van der Waals surface area contributed by atoms with Gasteiger partial charge in [-0.15, -0.1) is 0 Å². The molecule has 5 nitrogen and oxygen atoms in total. The first kappa shape index (κ1) is 14.1. The van der Waals surface area contributed by atoms with Crippen LogP contribution >= 0.6 is 23.2 Å². The summed E-state index contributed by atoms with van der Waals surface area (Å²) in [7, 11) is 0. The smallest absolute Gasteiger partial charge is 0.334 e. The van der Waals surface area contributed by atoms with Gasteiger partial charge in [-0.1, -0.05) is 23.2 Å². The van der Waals surface area contributed by atoms with Crippen LogP contribution in [-0.4, -0.2) is 47.7 Å². The Morgan fingerprint density at radius 3 is 2.79 bits per heavy atom. The van der Waals surface area contributed by atoms with Crippen molar-refractivity contribution in [2.24, 2.45) is 0 Å². The minimum Gasteiger partial charge on any atom is -0.479 e. The van der Waals surface area contributed by atoms with Crippen LogP contribution in [0.1, 0.15) is 10.4 Å². The van der Waals surface area contributed by atoms with Crippen molar-refractivity contribution < 1.29 is 19.4 Å². The van der Waals surface area contributed by atoms with Gasteiger partial charge in [0.2, 0.25) is 0 Å². The first-order valence-corrected chi connectivity index (χ1v) is 6.33. The molecular formula is C12H11Cl2NO4. The molecule has 1 N–H and O–H groups in total. The van der Waals surface area contributed by atoms with Gasteiger partial charge >= 0.3 is 5.97 Å². The van der Waals surface area contributed by atoms with Crippen LogP contribution in [-0.2, 0) is 9.53 Å². The lowest BCUT2D eigenvalue weighted by atomic mass is 10.1. The lowest BCUT2D eigenvalue weighted by Gasteiger charge is -2.31. The van der Waals surface area contributed by atoms with Gasteiger partial charge < -0.3 is 14.7 Å². The number of halogens is 2. The highest BCUT2D eigenvalue weighted by atomic mass is 35.5. The third-order valence-corrected chi connectivity index (χ3v) is 3.35. The lowest BCUT2D eigenvalue weighted by molar-refractivity contribution is -0.154. The maximum absolute atomic E-state index is 12.3. The van der Waals surface area contributed by atoms with Gasteiger partial charge in [-0.3, -0.25) is 4.79 Å². The highest BCUT2D eigenvalue weighted by Crippen LogP contribution is 2.23. The van der Waals surface area contributed by atoms with Crippen LogP contribution in [0.3, 0.4) is 0 Å². The molecule has 0 aliphatic carbocycles. The van der Waals surface area contributed by atoms with Crippen molar-refractivity contribution in [3.63, 3.8) is 0 Å². The van der Waals surface area contributed by atoms with Crippen LogP contribution < -0.4 is 0 Å². The van der Waals surface area contributed by atoms with Gasteiger partial charge in [0, 0.05) is 11.6 Å². The van der Waals surface area contributed by atoms with Gasteiger partial charge in [-0.2, -0.15) is 0 Å². The maximum Gasteiger partial charge on any atom is 0.334 e. The second-order valence-corrected chi connectivity index (χ2v) is 4.92. The minimum absolute atomic E-state index is 0.00297. The fraction of sp³-hybridized carbons (Fsp3) is 0.333. The van der Waals surface area contributed by atoms with Crippen LogP contribution in [0, 0.1) is 0 Å². The number of amides is 1. The van der Waals surface area contributed by atoms with Gasteiger partial charge in [0.15, 0.2) is 6.10 Å². The standard InChI is InChI=1S/C12H11Cl2NO4/c13-7-1-2-9(14)8(5-7)11(16)15-3-4-19-10(6-15)12(17)18/h1-2,5,10H,3-4,6H2,(H,17,18)/t10-/m1/s1. The van der Waals surface area contributed by atoms with Crippen LogP contribution in [0.15, 0.2) is 18.2 Å². The summed E-state index contributed by atoms with van der Waals surface area (Å²) in [5.74, 6) is -1.43. The van der Waals surface area contributed by atoms with E-state index in [0.29, 0.717) is 11.6 Å². The Morgan fingerprint density at radius 2 is 2.11 bits per heavy atom. The molecule has 1 saturated heterocycles. The van der Waals surface area contributed by atoms with Gasteiger partial charge in [0.25, 0.3) is 5.91 Å². The molecule has 1 heterocycles. The molecule has 1 aliphatic rings. The zero-order chi connectivity index (χ0) is 14.0. The fourth-order valence-electron chi connectivity index (χ4n) is 1.81. The molecule has 7 heteroatoms. The molecule has 0 unspecified atom stereocenters. The molecule has 1 aromatic carbocycles. The lowest BCUT2D eigenvalue weighted by Crippen LogP contribution is -2.48. The van der Waals surface area contributed by atoms with Crippen molar-refractivity contribution in [2.45, 2.75) is 6.10 Å². The number of ether oxygens (including phenoxy) is 1. The first-order chi connectivity index (χ1) is 8.99. The largest absolute Gasteiger partial charge is 0.479 e. The zero-order valence-electron chi connectivity index (χ0n) is 9.81. The second-order valence-electron chi connectivity index (χ2n) is 4.07. The molecule has 2 rings (SSSR count). The molecule has 1 aliphatic heterocycles. The number of hydrogen-bond donors (Lipinski definition) is 1. The Kier molecular flexibility index (Phi) is 4.29. The number of carboxylic acids is 1. The quantitative estimate of drug-likeness (QED) is 0.906. The van der Waals surface area contributed by atoms with E-state index >= 15 is 0 Å². The summed E-state index contributed by atoms with van der Waals surface area (Å²) < 4.78 is 5.06. The molecule has 1 aromatic rings. The number of hydrogen-bond acceptors (Lipinski definition) is 3. The van der Waals surface area contributed by atoms with Crippen molar-refractivity contribution in [2.75, 3.05) is 19.7 Å². The molecule has 0 aromatic heterocycles. The number of rotatable bonds is 2. The normalized spacial score (nSPS) is 19.3. The molecule has 1 atom stereocenters. The Labute approximate surface area is 119 Å². The van der Waals surface area contributed by atoms with E-state index in [0.717, 1.165) is 0 Å². The second kappa shape index (κ2) is 5.77. The summed E-state index contributed by atoms with van der Waals surface area (Å²) in [6, 6.07) is 4.59. The van der Waals surface area contributed by atoms with Crippen LogP contribution in [0.2, 0.25) is 10.0 Å². The van der Waals surface area contributed by atoms with Crippen LogP contribution in [0.25, 0.3) is 0 Å². The van der Waals surface area contributed by atoms with Crippen molar-refractivity contribution >= 4 is 35.1 Å². The predicted octanol–water partition coefficient (Wildman–Crippen LogP) is 1.92. The third kappa shape index (κ3) is 3.18. The molecule has 1 fully saturated rings. The summed E-state index contributed by atoms with van der Waals surface area (Å²) in [5.41, 5.74) is 0.264. The maximum atomic E-state index is 12.3. The summed E-state index contributed by atoms with van der Waals surface area (Å²) in [5, 5.41) is 9.58. The third-order valence-electron chi connectivity index (χ3n) is 2.79. The number of nitrogens with zero attached hydrogens (tertiary/aromatic N) is 1. The monoisotopic (exact) mass is 303 g/mol. The van der Waals surface area contributed by atoms with E-state index in [1.165, 1.54) is 17.0 Å². The van der Waals surface area contributed by atoms with E-state index in [1.807, 2.05) is 0 Å². The Bertz CT molecular complexity index is 520. The number of aliphatic carboxylic acids is 1. The summed E-state index contributed by atoms with van der Waals surface area (Å²) in [4.78, 5) is 24.5. The topological polar surface area (TPSA) is 66.8 Å². The number of carbonyl (C=O) groups is 2. The van der Waals surface area contributed by atoms with Gasteiger partial charge in [0.1, 0.15) is 0 Å². The molecule has 0 spiro atoms. The Hall–Kier alpha value is -1.30. The summed E-state index contributed by atoms with van der Waals surface area (Å²) >= 11 is 11.8. The number of benzene rings is 1. The average Bonchev–Trinajstić information content (AvgIpc) is 2.41. The van der Waals surface area contributed by atoms with Crippen molar-refractivity contribution in [3.8, 4) is 0 Å². The highest BCUT2D eigenvalue weighted by Gasteiger charge is 2.30. The van der Waals surface area contributed by atoms with Gasteiger partial charge in [-0.05, 0) is 18.2 Å². The van der Waals surface area contributed by atoms with Crippen molar-refractivity contribution in [1.82, 2.24) is 4.90 Å². The molecule has 102 valence electrons. The summed E-state index contributed by atoms with van der Waals surface area (Å²) in [6.07, 6.45) is -1.00.